The Balaban J connectivity index is 2.03. The van der Waals surface area contributed by atoms with E-state index in [0.29, 0.717) is 11.3 Å². The van der Waals surface area contributed by atoms with Crippen LogP contribution in [0.25, 0.3) is 0 Å². The maximum absolute atomic E-state index is 11.9. The van der Waals surface area contributed by atoms with Crippen LogP contribution in [0, 0.1) is 10.1 Å². The molecule has 0 aliphatic carbocycles. The molecule has 8 heteroatoms. The van der Waals surface area contributed by atoms with Crippen LogP contribution in [0.15, 0.2) is 53.6 Å². The van der Waals surface area contributed by atoms with Crippen molar-refractivity contribution in [3.8, 4) is 0 Å². The summed E-state index contributed by atoms with van der Waals surface area (Å²) in [6, 6.07) is 12.3. The fraction of sp³-hybridized carbons (Fsp3) is 0.0625. The highest BCUT2D eigenvalue weighted by molar-refractivity contribution is 5.96. The van der Waals surface area contributed by atoms with Gasteiger partial charge >= 0.3 is 0 Å². The van der Waals surface area contributed by atoms with Gasteiger partial charge in [0.1, 0.15) is 0 Å². The topological polar surface area (TPSA) is 114 Å². The first-order valence-electron chi connectivity index (χ1n) is 6.92. The Morgan fingerprint density at radius 2 is 1.79 bits per heavy atom. The molecule has 0 bridgehead atoms. The van der Waals surface area contributed by atoms with Gasteiger partial charge in [-0.25, -0.2) is 5.43 Å². The Morgan fingerprint density at radius 3 is 2.42 bits per heavy atom. The van der Waals surface area contributed by atoms with E-state index in [-0.39, 0.29) is 17.2 Å². The first-order valence-corrected chi connectivity index (χ1v) is 6.92. The lowest BCUT2D eigenvalue weighted by molar-refractivity contribution is -0.385. The average Bonchev–Trinajstić information content (AvgIpc) is 2.55. The summed E-state index contributed by atoms with van der Waals surface area (Å²) in [7, 11) is 0. The molecule has 2 amide bonds. The van der Waals surface area contributed by atoms with Crippen LogP contribution in [0.5, 0.6) is 0 Å². The molecule has 0 heterocycles. The van der Waals surface area contributed by atoms with E-state index in [0.717, 1.165) is 0 Å². The Morgan fingerprint density at radius 1 is 1.12 bits per heavy atom. The van der Waals surface area contributed by atoms with Gasteiger partial charge in [-0.15, -0.1) is 0 Å². The van der Waals surface area contributed by atoms with E-state index >= 15 is 0 Å². The van der Waals surface area contributed by atoms with Crippen molar-refractivity contribution in [1.82, 2.24) is 5.43 Å². The molecule has 24 heavy (non-hydrogen) atoms. The van der Waals surface area contributed by atoms with Crippen molar-refractivity contribution < 1.29 is 14.5 Å². The number of nitro groups is 1. The molecule has 122 valence electrons. The number of hydrogen-bond acceptors (Lipinski definition) is 5. The first kappa shape index (κ1) is 16.8. The summed E-state index contributed by atoms with van der Waals surface area (Å²) in [4.78, 5) is 33.2. The van der Waals surface area contributed by atoms with Gasteiger partial charge in [0.2, 0.25) is 5.91 Å². The molecule has 8 nitrogen and oxygen atoms in total. The van der Waals surface area contributed by atoms with Crippen molar-refractivity contribution in [1.29, 1.82) is 0 Å². The van der Waals surface area contributed by atoms with Gasteiger partial charge in [0, 0.05) is 24.2 Å². The van der Waals surface area contributed by atoms with E-state index in [4.69, 9.17) is 0 Å². The summed E-state index contributed by atoms with van der Waals surface area (Å²) in [6.07, 6.45) is 1.21. The Labute approximate surface area is 137 Å². The number of hydrazone groups is 1. The fourth-order valence-corrected chi connectivity index (χ4v) is 1.90. The molecule has 0 saturated carbocycles. The van der Waals surface area contributed by atoms with Crippen LogP contribution in [-0.4, -0.2) is 23.0 Å². The van der Waals surface area contributed by atoms with Crippen LogP contribution in [0.2, 0.25) is 0 Å². The second-order valence-electron chi connectivity index (χ2n) is 4.77. The third-order valence-corrected chi connectivity index (χ3v) is 2.97. The molecular weight excluding hydrogens is 312 g/mol. The Hall–Kier alpha value is -3.55. The minimum Gasteiger partial charge on any atom is -0.326 e. The normalized spacial score (nSPS) is 10.4. The van der Waals surface area contributed by atoms with Gasteiger partial charge in [0.25, 0.3) is 11.6 Å². The van der Waals surface area contributed by atoms with Crippen molar-refractivity contribution in [3.63, 3.8) is 0 Å². The molecule has 0 aliphatic rings. The molecule has 0 radical (unpaired) electrons. The first-order chi connectivity index (χ1) is 11.5. The van der Waals surface area contributed by atoms with Crippen LogP contribution in [0.3, 0.4) is 0 Å². The third kappa shape index (κ3) is 4.47. The summed E-state index contributed by atoms with van der Waals surface area (Å²) in [5.41, 5.74) is 3.38. The van der Waals surface area contributed by atoms with Gasteiger partial charge in [-0.3, -0.25) is 19.7 Å². The Bertz CT molecular complexity index is 800. The predicted molar refractivity (Wildman–Crippen MR) is 88.9 cm³/mol. The number of nitro benzene ring substituents is 1. The van der Waals surface area contributed by atoms with Crippen molar-refractivity contribution in [2.24, 2.45) is 5.10 Å². The quantitative estimate of drug-likeness (QED) is 0.498. The largest absolute Gasteiger partial charge is 0.326 e. The molecule has 0 saturated heterocycles. The summed E-state index contributed by atoms with van der Waals surface area (Å²) in [5.74, 6) is -0.680. The molecule has 0 spiro atoms. The van der Waals surface area contributed by atoms with Gasteiger partial charge in [-0.05, 0) is 30.3 Å². The van der Waals surface area contributed by atoms with Crippen molar-refractivity contribution in [2.75, 3.05) is 5.32 Å². The molecule has 0 aliphatic heterocycles. The average molecular weight is 326 g/mol. The molecule has 0 aromatic heterocycles. The van der Waals surface area contributed by atoms with E-state index in [2.05, 4.69) is 15.8 Å². The van der Waals surface area contributed by atoms with Gasteiger partial charge in [-0.1, -0.05) is 12.1 Å². The maximum Gasteiger partial charge on any atom is 0.278 e. The molecule has 0 unspecified atom stereocenters. The highest BCUT2D eigenvalue weighted by atomic mass is 16.6. The van der Waals surface area contributed by atoms with E-state index < -0.39 is 10.8 Å². The van der Waals surface area contributed by atoms with Gasteiger partial charge in [0.15, 0.2) is 0 Å². The molecule has 2 aromatic rings. The Kier molecular flexibility index (Phi) is 5.35. The minimum absolute atomic E-state index is 0.102. The standard InChI is InChI=1S/C16H14N4O4/c1-11(21)18-14-8-6-12(7-9-14)16(22)19-17-10-13-4-2-3-5-15(13)20(23)24/h2-10H,1H3,(H,18,21)(H,19,22). The number of para-hydroxylation sites is 1. The lowest BCUT2D eigenvalue weighted by Crippen LogP contribution is -2.17. The summed E-state index contributed by atoms with van der Waals surface area (Å²) in [5, 5.41) is 17.2. The van der Waals surface area contributed by atoms with Crippen molar-refractivity contribution >= 4 is 29.4 Å². The number of hydrogen-bond donors (Lipinski definition) is 2. The molecule has 2 rings (SSSR count). The lowest BCUT2D eigenvalue weighted by Gasteiger charge is -2.03. The summed E-state index contributed by atoms with van der Waals surface area (Å²) < 4.78 is 0. The van der Waals surface area contributed by atoms with Gasteiger partial charge in [-0.2, -0.15) is 5.10 Å². The number of carbonyl (C=O) groups is 2. The fourth-order valence-electron chi connectivity index (χ4n) is 1.90. The SMILES string of the molecule is CC(=O)Nc1ccc(C(=O)NN=Cc2ccccc2[N+](=O)[O-])cc1. The predicted octanol–water partition coefficient (Wildman–Crippen LogP) is 2.32. The van der Waals surface area contributed by atoms with Crippen LogP contribution in [0.1, 0.15) is 22.8 Å². The second kappa shape index (κ2) is 7.63. The van der Waals surface area contributed by atoms with Crippen molar-refractivity contribution in [2.45, 2.75) is 6.92 Å². The number of nitrogens with one attached hydrogen (secondary N) is 2. The number of benzene rings is 2. The monoisotopic (exact) mass is 326 g/mol. The van der Waals surface area contributed by atoms with Crippen LogP contribution >= 0.6 is 0 Å². The zero-order valence-electron chi connectivity index (χ0n) is 12.7. The van der Waals surface area contributed by atoms with E-state index in [1.54, 1.807) is 24.3 Å². The van der Waals surface area contributed by atoms with Crippen molar-refractivity contribution in [3.05, 3.63) is 69.8 Å². The van der Waals surface area contributed by atoms with Crippen LogP contribution < -0.4 is 10.7 Å². The number of amides is 2. The van der Waals surface area contributed by atoms with Crippen LogP contribution in [0.4, 0.5) is 11.4 Å². The summed E-state index contributed by atoms with van der Waals surface area (Å²) in [6.45, 7) is 1.39. The summed E-state index contributed by atoms with van der Waals surface area (Å²) >= 11 is 0. The highest BCUT2D eigenvalue weighted by Gasteiger charge is 2.10. The number of carbonyl (C=O) groups excluding carboxylic acids is 2. The molecular formula is C16H14N4O4. The smallest absolute Gasteiger partial charge is 0.278 e. The molecule has 2 N–H and O–H groups in total. The molecule has 0 fully saturated rings. The minimum atomic E-state index is -0.524. The molecule has 2 aromatic carbocycles. The zero-order chi connectivity index (χ0) is 17.5. The number of anilines is 1. The number of rotatable bonds is 5. The van der Waals surface area contributed by atoms with Gasteiger partial charge in [0.05, 0.1) is 16.7 Å². The lowest BCUT2D eigenvalue weighted by atomic mass is 10.2. The third-order valence-electron chi connectivity index (χ3n) is 2.97. The van der Waals surface area contributed by atoms with E-state index in [1.165, 1.54) is 37.4 Å². The highest BCUT2D eigenvalue weighted by Crippen LogP contribution is 2.15. The number of nitrogens with zero attached hydrogens (tertiary/aromatic N) is 2. The second-order valence-corrected chi connectivity index (χ2v) is 4.77. The van der Waals surface area contributed by atoms with E-state index in [9.17, 15) is 19.7 Å². The zero-order valence-corrected chi connectivity index (χ0v) is 12.7. The molecule has 0 atom stereocenters. The van der Waals surface area contributed by atoms with Crippen LogP contribution in [-0.2, 0) is 4.79 Å². The van der Waals surface area contributed by atoms with Gasteiger partial charge < -0.3 is 5.32 Å². The maximum atomic E-state index is 11.9. The van der Waals surface area contributed by atoms with E-state index in [1.807, 2.05) is 0 Å².